The van der Waals surface area contributed by atoms with Crippen LogP contribution in [0.1, 0.15) is 49.4 Å². The van der Waals surface area contributed by atoms with E-state index in [1.807, 2.05) is 23.0 Å². The molecule has 190 valence electrons. The highest BCUT2D eigenvalue weighted by molar-refractivity contribution is 5.64. The number of rotatable bonds is 6. The molecular formula is C24H27F3N8O. The molecule has 0 saturated carbocycles. The van der Waals surface area contributed by atoms with Gasteiger partial charge in [0.15, 0.2) is 0 Å². The SMILES string of the molecule is O=C/C=C/N1CCCCC1c1nccn2c(N3CCC[C@@H](Nc4ncc(C(F)(F)F)cn4)C3)ncc12. The minimum atomic E-state index is -4.46. The molecule has 1 unspecified atom stereocenters. The monoisotopic (exact) mass is 500 g/mol. The Morgan fingerprint density at radius 3 is 2.61 bits per heavy atom. The first kappa shape index (κ1) is 24.0. The third-order valence-electron chi connectivity index (χ3n) is 6.70. The number of piperidine rings is 2. The van der Waals surface area contributed by atoms with E-state index in [0.717, 1.165) is 81.0 Å². The van der Waals surface area contributed by atoms with Crippen LogP contribution in [-0.2, 0) is 11.0 Å². The summed E-state index contributed by atoms with van der Waals surface area (Å²) < 4.78 is 40.4. The number of aldehydes is 1. The van der Waals surface area contributed by atoms with Crippen LogP contribution in [0.3, 0.4) is 0 Å². The first-order valence-electron chi connectivity index (χ1n) is 12.0. The molecule has 0 aromatic carbocycles. The second-order valence-corrected chi connectivity index (χ2v) is 9.08. The summed E-state index contributed by atoms with van der Waals surface area (Å²) in [6.07, 6.45) is 11.6. The van der Waals surface area contributed by atoms with E-state index in [2.05, 4.69) is 25.1 Å². The van der Waals surface area contributed by atoms with Crippen molar-refractivity contribution in [2.75, 3.05) is 29.9 Å². The second-order valence-electron chi connectivity index (χ2n) is 9.08. The van der Waals surface area contributed by atoms with E-state index < -0.39 is 11.7 Å². The van der Waals surface area contributed by atoms with Crippen LogP contribution in [0.25, 0.3) is 5.52 Å². The number of imidazole rings is 1. The normalized spacial score (nSPS) is 21.3. The molecule has 0 radical (unpaired) electrons. The summed E-state index contributed by atoms with van der Waals surface area (Å²) in [5.74, 6) is 0.967. The Morgan fingerprint density at radius 1 is 1.00 bits per heavy atom. The molecule has 5 heterocycles. The molecule has 3 aromatic heterocycles. The number of nitrogens with zero attached hydrogens (tertiary/aromatic N) is 7. The van der Waals surface area contributed by atoms with Crippen molar-refractivity contribution >= 4 is 23.7 Å². The summed E-state index contributed by atoms with van der Waals surface area (Å²) in [7, 11) is 0. The number of hydrogen-bond donors (Lipinski definition) is 1. The number of allylic oxidation sites excluding steroid dienone is 1. The number of nitrogens with one attached hydrogen (secondary N) is 1. The van der Waals surface area contributed by atoms with Gasteiger partial charge >= 0.3 is 6.18 Å². The zero-order valence-electron chi connectivity index (χ0n) is 19.6. The molecule has 2 aliphatic heterocycles. The van der Waals surface area contributed by atoms with Crippen LogP contribution in [0.2, 0.25) is 0 Å². The Labute approximate surface area is 206 Å². The molecule has 2 fully saturated rings. The highest BCUT2D eigenvalue weighted by Crippen LogP contribution is 2.34. The average molecular weight is 501 g/mol. The van der Waals surface area contributed by atoms with Gasteiger partial charge in [0.25, 0.3) is 0 Å². The van der Waals surface area contributed by atoms with Crippen molar-refractivity contribution in [1.82, 2.24) is 29.2 Å². The quantitative estimate of drug-likeness (QED) is 0.403. The standard InChI is InChI=1S/C24H27F3N8O/c25-24(26,27)17-13-29-22(30-14-17)32-18-5-3-9-34(16-18)23-31-15-20-21(28-7-11-35(20)23)19-6-1-2-8-33(19)10-4-12-36/h4,7,10-15,18-19H,1-3,5-6,8-9,16H2,(H,29,30,32)/b10-4+/t18-,19?/m1/s1. The van der Waals surface area contributed by atoms with E-state index in [4.69, 9.17) is 9.97 Å². The highest BCUT2D eigenvalue weighted by Gasteiger charge is 2.32. The molecule has 2 saturated heterocycles. The van der Waals surface area contributed by atoms with Crippen molar-refractivity contribution < 1.29 is 18.0 Å². The van der Waals surface area contributed by atoms with Gasteiger partial charge in [-0.15, -0.1) is 0 Å². The summed E-state index contributed by atoms with van der Waals surface area (Å²) in [5.41, 5.74) is 0.978. The van der Waals surface area contributed by atoms with Gasteiger partial charge < -0.3 is 15.1 Å². The Hall–Kier alpha value is -3.70. The van der Waals surface area contributed by atoms with Gasteiger partial charge in [0.1, 0.15) is 6.29 Å². The van der Waals surface area contributed by atoms with E-state index in [0.29, 0.717) is 6.54 Å². The summed E-state index contributed by atoms with van der Waals surface area (Å²) in [6.45, 7) is 2.28. The van der Waals surface area contributed by atoms with Crippen LogP contribution in [0.4, 0.5) is 25.1 Å². The van der Waals surface area contributed by atoms with Crippen LogP contribution >= 0.6 is 0 Å². The third-order valence-corrected chi connectivity index (χ3v) is 6.70. The third kappa shape index (κ3) is 4.98. The predicted octanol–water partition coefficient (Wildman–Crippen LogP) is 3.86. The van der Waals surface area contributed by atoms with Gasteiger partial charge in [0, 0.05) is 56.7 Å². The second kappa shape index (κ2) is 10.1. The summed E-state index contributed by atoms with van der Waals surface area (Å²) in [5, 5.41) is 3.16. The first-order valence-corrected chi connectivity index (χ1v) is 12.0. The van der Waals surface area contributed by atoms with Gasteiger partial charge in [-0.2, -0.15) is 13.2 Å². The van der Waals surface area contributed by atoms with Gasteiger partial charge in [-0.05, 0) is 38.2 Å². The largest absolute Gasteiger partial charge is 0.419 e. The summed E-state index contributed by atoms with van der Waals surface area (Å²) >= 11 is 0. The fourth-order valence-corrected chi connectivity index (χ4v) is 5.00. The molecular weight excluding hydrogens is 473 g/mol. The molecule has 2 atom stereocenters. The lowest BCUT2D eigenvalue weighted by Gasteiger charge is -2.35. The lowest BCUT2D eigenvalue weighted by atomic mass is 9.99. The Balaban J connectivity index is 1.34. The lowest BCUT2D eigenvalue weighted by molar-refractivity contribution is -0.138. The molecule has 0 amide bonds. The smallest absolute Gasteiger partial charge is 0.369 e. The van der Waals surface area contributed by atoms with Crippen molar-refractivity contribution in [3.05, 3.63) is 54.5 Å². The maximum absolute atomic E-state index is 12.8. The van der Waals surface area contributed by atoms with Crippen molar-refractivity contribution in [3.8, 4) is 0 Å². The number of carbonyl (C=O) groups is 1. The number of alkyl halides is 3. The molecule has 9 nitrogen and oxygen atoms in total. The molecule has 0 bridgehead atoms. The first-order chi connectivity index (χ1) is 17.4. The topological polar surface area (TPSA) is 91.6 Å². The highest BCUT2D eigenvalue weighted by atomic mass is 19.4. The zero-order valence-corrected chi connectivity index (χ0v) is 19.6. The molecule has 3 aromatic rings. The Kier molecular flexibility index (Phi) is 6.75. The minimum Gasteiger partial charge on any atom is -0.369 e. The molecule has 0 spiro atoms. The van der Waals surface area contributed by atoms with Crippen molar-refractivity contribution in [2.24, 2.45) is 0 Å². The summed E-state index contributed by atoms with van der Waals surface area (Å²) in [4.78, 5) is 32.3. The van der Waals surface area contributed by atoms with E-state index in [-0.39, 0.29) is 18.0 Å². The van der Waals surface area contributed by atoms with Crippen LogP contribution in [0.15, 0.2) is 43.3 Å². The Bertz CT molecular complexity index is 1230. The number of aromatic nitrogens is 5. The van der Waals surface area contributed by atoms with Gasteiger partial charge in [0.2, 0.25) is 11.9 Å². The maximum Gasteiger partial charge on any atom is 0.419 e. The number of carbonyl (C=O) groups excluding carboxylic acids is 1. The fourth-order valence-electron chi connectivity index (χ4n) is 5.00. The minimum absolute atomic E-state index is 0.0357. The van der Waals surface area contributed by atoms with Crippen LogP contribution < -0.4 is 10.2 Å². The van der Waals surface area contributed by atoms with Crippen LogP contribution in [0.5, 0.6) is 0 Å². The van der Waals surface area contributed by atoms with E-state index in [1.165, 1.54) is 6.08 Å². The van der Waals surface area contributed by atoms with Gasteiger partial charge in [0.05, 0.1) is 29.0 Å². The molecule has 1 N–H and O–H groups in total. The van der Waals surface area contributed by atoms with Crippen molar-refractivity contribution in [2.45, 2.75) is 50.4 Å². The number of fused-ring (bicyclic) bond motifs is 1. The lowest BCUT2D eigenvalue weighted by Crippen LogP contribution is -2.43. The zero-order chi connectivity index (χ0) is 25.1. The molecule has 36 heavy (non-hydrogen) atoms. The number of likely N-dealkylation sites (tertiary alicyclic amines) is 1. The average Bonchev–Trinajstić information content (AvgIpc) is 3.32. The van der Waals surface area contributed by atoms with E-state index >= 15 is 0 Å². The molecule has 12 heteroatoms. The van der Waals surface area contributed by atoms with Crippen LogP contribution in [-0.4, -0.2) is 61.2 Å². The summed E-state index contributed by atoms with van der Waals surface area (Å²) in [6, 6.07) is 0.0299. The van der Waals surface area contributed by atoms with Gasteiger partial charge in [-0.25, -0.2) is 15.0 Å². The van der Waals surface area contributed by atoms with Crippen molar-refractivity contribution in [3.63, 3.8) is 0 Å². The van der Waals surface area contributed by atoms with E-state index in [1.54, 1.807) is 6.20 Å². The van der Waals surface area contributed by atoms with Gasteiger partial charge in [-0.3, -0.25) is 14.2 Å². The number of anilines is 2. The van der Waals surface area contributed by atoms with Crippen LogP contribution in [0, 0.1) is 0 Å². The Morgan fingerprint density at radius 2 is 1.83 bits per heavy atom. The molecule has 0 aliphatic carbocycles. The predicted molar refractivity (Wildman–Crippen MR) is 127 cm³/mol. The van der Waals surface area contributed by atoms with Crippen molar-refractivity contribution in [1.29, 1.82) is 0 Å². The number of hydrogen-bond acceptors (Lipinski definition) is 8. The van der Waals surface area contributed by atoms with Gasteiger partial charge in [-0.1, -0.05) is 0 Å². The number of halogens is 3. The maximum atomic E-state index is 12.8. The fraction of sp³-hybridized carbons (Fsp3) is 0.458. The molecule has 5 rings (SSSR count). The van der Waals surface area contributed by atoms with E-state index in [9.17, 15) is 18.0 Å². The molecule has 2 aliphatic rings.